The summed E-state index contributed by atoms with van der Waals surface area (Å²) >= 11 is 0. The largest absolute Gasteiger partial charge is 0.340 e. The second-order valence-electron chi connectivity index (χ2n) is 7.53. The van der Waals surface area contributed by atoms with Crippen molar-refractivity contribution in [3.8, 4) is 11.4 Å². The number of amides is 1. The molecule has 4 rings (SSSR count). The van der Waals surface area contributed by atoms with E-state index in [1.54, 1.807) is 11.8 Å². The highest BCUT2D eigenvalue weighted by molar-refractivity contribution is 7.88. The van der Waals surface area contributed by atoms with Crippen LogP contribution < -0.4 is 0 Å². The lowest BCUT2D eigenvalue weighted by Gasteiger charge is -2.34. The molecule has 0 spiro atoms. The summed E-state index contributed by atoms with van der Waals surface area (Å²) in [7, 11) is -3.40. The van der Waals surface area contributed by atoms with Crippen LogP contribution in [0.15, 0.2) is 59.1 Å². The van der Waals surface area contributed by atoms with E-state index >= 15 is 0 Å². The highest BCUT2D eigenvalue weighted by Gasteiger charge is 2.28. The summed E-state index contributed by atoms with van der Waals surface area (Å²) in [6.45, 7) is 3.16. The van der Waals surface area contributed by atoms with Gasteiger partial charge in [0.25, 0.3) is 0 Å². The highest BCUT2D eigenvalue weighted by Crippen LogP contribution is 2.18. The smallest absolute Gasteiger partial charge is 0.227 e. The van der Waals surface area contributed by atoms with Crippen LogP contribution in [-0.2, 0) is 27.0 Å². The average molecular weight is 441 g/mol. The first-order chi connectivity index (χ1) is 14.9. The lowest BCUT2D eigenvalue weighted by atomic mass is 10.1. The molecule has 0 aliphatic carbocycles. The van der Waals surface area contributed by atoms with Crippen molar-refractivity contribution in [2.24, 2.45) is 0 Å². The van der Waals surface area contributed by atoms with Gasteiger partial charge in [-0.2, -0.15) is 9.29 Å². The van der Waals surface area contributed by atoms with Gasteiger partial charge in [-0.25, -0.2) is 8.42 Å². The zero-order valence-electron chi connectivity index (χ0n) is 17.3. The van der Waals surface area contributed by atoms with Crippen LogP contribution in [0.4, 0.5) is 0 Å². The molecule has 1 aliphatic heterocycles. The van der Waals surface area contributed by atoms with Crippen molar-refractivity contribution in [3.63, 3.8) is 0 Å². The van der Waals surface area contributed by atoms with E-state index in [9.17, 15) is 13.2 Å². The molecule has 2 aromatic carbocycles. The molecule has 31 heavy (non-hydrogen) atoms. The minimum atomic E-state index is -3.40. The fourth-order valence-electron chi connectivity index (χ4n) is 3.57. The Hall–Kier alpha value is -3.04. The van der Waals surface area contributed by atoms with Gasteiger partial charge in [0.1, 0.15) is 0 Å². The Kier molecular flexibility index (Phi) is 6.15. The Labute approximate surface area is 181 Å². The third-order valence-corrected chi connectivity index (χ3v) is 7.12. The molecule has 0 N–H and O–H groups in total. The van der Waals surface area contributed by atoms with Crippen LogP contribution in [0.5, 0.6) is 0 Å². The molecule has 9 heteroatoms. The minimum absolute atomic E-state index is 0.0109. The van der Waals surface area contributed by atoms with E-state index in [4.69, 9.17) is 4.52 Å². The van der Waals surface area contributed by atoms with E-state index in [1.807, 2.05) is 54.6 Å². The molecule has 1 fully saturated rings. The number of nitrogens with zero attached hydrogens (tertiary/aromatic N) is 4. The van der Waals surface area contributed by atoms with Gasteiger partial charge in [-0.1, -0.05) is 59.8 Å². The predicted octanol–water partition coefficient (Wildman–Crippen LogP) is 2.26. The summed E-state index contributed by atoms with van der Waals surface area (Å²) in [4.78, 5) is 18.6. The van der Waals surface area contributed by atoms with Crippen molar-refractivity contribution >= 4 is 15.9 Å². The number of carbonyl (C=O) groups is 1. The van der Waals surface area contributed by atoms with Crippen LogP contribution >= 0.6 is 0 Å². The standard InChI is InChI=1S/C22H24N4O4S/c1-17-23-22(24-30-17)20-9-7-18(8-10-20)15-21(27)25-11-13-26(14-12-25)31(28,29)16-19-5-3-2-4-6-19/h2-10H,11-16H2,1H3. The van der Waals surface area contributed by atoms with Crippen molar-refractivity contribution in [1.29, 1.82) is 0 Å². The summed E-state index contributed by atoms with van der Waals surface area (Å²) in [5.41, 5.74) is 2.47. The first-order valence-corrected chi connectivity index (χ1v) is 11.7. The summed E-state index contributed by atoms with van der Waals surface area (Å²) in [5, 5.41) is 3.89. The summed E-state index contributed by atoms with van der Waals surface area (Å²) in [5.74, 6) is 0.985. The van der Waals surface area contributed by atoms with Crippen LogP contribution in [-0.4, -0.2) is 59.8 Å². The van der Waals surface area contributed by atoms with E-state index in [0.29, 0.717) is 37.9 Å². The Morgan fingerprint density at radius 2 is 1.65 bits per heavy atom. The highest BCUT2D eigenvalue weighted by atomic mass is 32.2. The molecule has 0 unspecified atom stereocenters. The van der Waals surface area contributed by atoms with Crippen molar-refractivity contribution in [3.05, 3.63) is 71.6 Å². The number of benzene rings is 2. The van der Waals surface area contributed by atoms with Gasteiger partial charge in [-0.3, -0.25) is 4.79 Å². The van der Waals surface area contributed by atoms with Gasteiger partial charge >= 0.3 is 0 Å². The Morgan fingerprint density at radius 1 is 0.968 bits per heavy atom. The van der Waals surface area contributed by atoms with Gasteiger partial charge in [0.2, 0.25) is 27.6 Å². The van der Waals surface area contributed by atoms with Gasteiger partial charge in [-0.05, 0) is 11.1 Å². The lowest BCUT2D eigenvalue weighted by Crippen LogP contribution is -2.51. The number of aromatic nitrogens is 2. The number of carbonyl (C=O) groups excluding carboxylic acids is 1. The molecule has 1 aromatic heterocycles. The summed E-state index contributed by atoms with van der Waals surface area (Å²) in [6.07, 6.45) is 0.266. The van der Waals surface area contributed by atoms with Crippen LogP contribution in [0.25, 0.3) is 11.4 Å². The predicted molar refractivity (Wildman–Crippen MR) is 115 cm³/mol. The Morgan fingerprint density at radius 3 is 2.26 bits per heavy atom. The maximum atomic E-state index is 12.7. The Bertz CT molecular complexity index is 1140. The van der Waals surface area contributed by atoms with Crippen molar-refractivity contribution < 1.29 is 17.7 Å². The maximum Gasteiger partial charge on any atom is 0.227 e. The fourth-order valence-corrected chi connectivity index (χ4v) is 5.08. The molecule has 1 amide bonds. The quantitative estimate of drug-likeness (QED) is 0.583. The van der Waals surface area contributed by atoms with E-state index in [1.165, 1.54) is 4.31 Å². The average Bonchev–Trinajstić information content (AvgIpc) is 3.21. The van der Waals surface area contributed by atoms with Crippen LogP contribution in [0.3, 0.4) is 0 Å². The third kappa shape index (κ3) is 5.18. The molecular weight excluding hydrogens is 416 g/mol. The van der Waals surface area contributed by atoms with Gasteiger partial charge in [0.05, 0.1) is 12.2 Å². The molecule has 0 saturated carbocycles. The molecule has 3 aromatic rings. The lowest BCUT2D eigenvalue weighted by molar-refractivity contribution is -0.131. The fraction of sp³-hybridized carbons (Fsp3) is 0.318. The van der Waals surface area contributed by atoms with Crippen LogP contribution in [0, 0.1) is 6.92 Å². The van der Waals surface area contributed by atoms with E-state index in [0.717, 1.165) is 16.7 Å². The van der Waals surface area contributed by atoms with Crippen molar-refractivity contribution in [2.75, 3.05) is 26.2 Å². The number of piperazine rings is 1. The van der Waals surface area contributed by atoms with Crippen molar-refractivity contribution in [1.82, 2.24) is 19.3 Å². The van der Waals surface area contributed by atoms with Gasteiger partial charge in [0.15, 0.2) is 0 Å². The zero-order chi connectivity index (χ0) is 21.8. The van der Waals surface area contributed by atoms with E-state index < -0.39 is 10.0 Å². The zero-order valence-corrected chi connectivity index (χ0v) is 18.1. The normalized spacial score (nSPS) is 15.2. The second-order valence-corrected chi connectivity index (χ2v) is 9.50. The number of rotatable bonds is 6. The first-order valence-electron chi connectivity index (χ1n) is 10.1. The molecule has 162 valence electrons. The van der Waals surface area contributed by atoms with Gasteiger partial charge in [-0.15, -0.1) is 0 Å². The topological polar surface area (TPSA) is 96.6 Å². The molecular formula is C22H24N4O4S. The SMILES string of the molecule is Cc1nc(-c2ccc(CC(=O)N3CCN(S(=O)(=O)Cc4ccccc4)CC3)cc2)no1. The summed E-state index contributed by atoms with van der Waals surface area (Å²) < 4.78 is 31.8. The maximum absolute atomic E-state index is 12.7. The minimum Gasteiger partial charge on any atom is -0.340 e. The number of sulfonamides is 1. The van der Waals surface area contributed by atoms with Gasteiger partial charge in [0, 0.05) is 38.7 Å². The molecule has 0 radical (unpaired) electrons. The van der Waals surface area contributed by atoms with Crippen LogP contribution in [0.1, 0.15) is 17.0 Å². The molecule has 8 nitrogen and oxygen atoms in total. The Balaban J connectivity index is 1.31. The first kappa shape index (κ1) is 21.2. The van der Waals surface area contributed by atoms with Gasteiger partial charge < -0.3 is 9.42 Å². The monoisotopic (exact) mass is 440 g/mol. The summed E-state index contributed by atoms with van der Waals surface area (Å²) in [6, 6.07) is 16.6. The second kappa shape index (κ2) is 8.99. The molecule has 2 heterocycles. The molecule has 0 atom stereocenters. The third-order valence-electron chi connectivity index (χ3n) is 5.27. The number of hydrogen-bond donors (Lipinski definition) is 0. The molecule has 1 saturated heterocycles. The van der Waals surface area contributed by atoms with Crippen molar-refractivity contribution in [2.45, 2.75) is 19.1 Å². The molecule has 1 aliphatic rings. The van der Waals surface area contributed by atoms with E-state index in [-0.39, 0.29) is 18.1 Å². The number of hydrogen-bond acceptors (Lipinski definition) is 6. The van der Waals surface area contributed by atoms with E-state index in [2.05, 4.69) is 10.1 Å². The molecule has 0 bridgehead atoms. The van der Waals surface area contributed by atoms with Crippen LogP contribution in [0.2, 0.25) is 0 Å². The number of aryl methyl sites for hydroxylation is 1.